The van der Waals surface area contributed by atoms with Gasteiger partial charge in [0.2, 0.25) is 0 Å². The van der Waals surface area contributed by atoms with Gasteiger partial charge in [0.05, 0.1) is 6.10 Å². The van der Waals surface area contributed by atoms with Gasteiger partial charge in [-0.25, -0.2) is 0 Å². The predicted octanol–water partition coefficient (Wildman–Crippen LogP) is 2.27. The third-order valence-corrected chi connectivity index (χ3v) is 3.65. The van der Waals surface area contributed by atoms with E-state index in [4.69, 9.17) is 0 Å². The van der Waals surface area contributed by atoms with E-state index in [0.29, 0.717) is 6.04 Å². The zero-order chi connectivity index (χ0) is 13.1. The molecule has 3 heteroatoms. The lowest BCUT2D eigenvalue weighted by Gasteiger charge is -2.31. The molecular weight excluding hydrogens is 224 g/mol. The van der Waals surface area contributed by atoms with E-state index in [1.165, 1.54) is 18.5 Å². The summed E-state index contributed by atoms with van der Waals surface area (Å²) >= 11 is 0. The van der Waals surface area contributed by atoms with E-state index in [0.717, 1.165) is 18.7 Å². The number of benzene rings is 1. The number of hydrogen-bond acceptors (Lipinski definition) is 3. The maximum Gasteiger partial charge on any atom is 0.0781 e. The van der Waals surface area contributed by atoms with Crippen LogP contribution >= 0.6 is 0 Å². The van der Waals surface area contributed by atoms with E-state index < -0.39 is 6.10 Å². The van der Waals surface area contributed by atoms with Gasteiger partial charge in [-0.2, -0.15) is 0 Å². The first-order valence-corrected chi connectivity index (χ1v) is 6.78. The van der Waals surface area contributed by atoms with Crippen LogP contribution in [0.15, 0.2) is 24.3 Å². The Kier molecular flexibility index (Phi) is 4.25. The Morgan fingerprint density at radius 1 is 1.39 bits per heavy atom. The summed E-state index contributed by atoms with van der Waals surface area (Å²) in [6.45, 7) is 4.02. The third kappa shape index (κ3) is 2.85. The first kappa shape index (κ1) is 13.4. The highest BCUT2D eigenvalue weighted by atomic mass is 16.3. The van der Waals surface area contributed by atoms with Crippen LogP contribution in [0.25, 0.3) is 0 Å². The second-order valence-electron chi connectivity index (χ2n) is 5.49. The standard InChI is InChI=1S/C15H24N2O/c1-12(18)14-8-4-5-9-15(14)17-10-6-7-13(17)11-16(2)3/h4-5,8-9,12-13,18H,6-7,10-11H2,1-3H3/t12-,13?/m1/s1. The molecular formula is C15H24N2O. The molecule has 18 heavy (non-hydrogen) atoms. The minimum Gasteiger partial charge on any atom is -0.389 e. The molecule has 1 fully saturated rings. The Balaban J connectivity index is 2.24. The first-order valence-electron chi connectivity index (χ1n) is 6.78. The van der Waals surface area contributed by atoms with Crippen LogP contribution in [0.3, 0.4) is 0 Å². The summed E-state index contributed by atoms with van der Waals surface area (Å²) in [6.07, 6.45) is 2.08. The number of hydrogen-bond donors (Lipinski definition) is 1. The molecule has 1 aliphatic rings. The number of likely N-dealkylation sites (N-methyl/N-ethyl adjacent to an activating group) is 1. The lowest BCUT2D eigenvalue weighted by atomic mass is 10.1. The monoisotopic (exact) mass is 248 g/mol. The van der Waals surface area contributed by atoms with Crippen molar-refractivity contribution in [2.75, 3.05) is 32.1 Å². The van der Waals surface area contributed by atoms with Gasteiger partial charge < -0.3 is 14.9 Å². The number of aliphatic hydroxyl groups excluding tert-OH is 1. The van der Waals surface area contributed by atoms with E-state index in [2.05, 4.69) is 36.0 Å². The lowest BCUT2D eigenvalue weighted by Crippen LogP contribution is -2.38. The Morgan fingerprint density at radius 2 is 2.11 bits per heavy atom. The summed E-state index contributed by atoms with van der Waals surface area (Å²) in [5, 5.41) is 9.90. The zero-order valence-electron chi connectivity index (χ0n) is 11.6. The van der Waals surface area contributed by atoms with Crippen molar-refractivity contribution in [1.29, 1.82) is 0 Å². The SMILES string of the molecule is C[C@@H](O)c1ccccc1N1CCCC1CN(C)C. The summed E-state index contributed by atoms with van der Waals surface area (Å²) in [4.78, 5) is 4.70. The summed E-state index contributed by atoms with van der Waals surface area (Å²) in [6, 6.07) is 8.80. The van der Waals surface area contributed by atoms with Crippen LogP contribution in [0, 0.1) is 0 Å². The van der Waals surface area contributed by atoms with Crippen LogP contribution in [0.2, 0.25) is 0 Å². The number of aliphatic hydroxyl groups is 1. The molecule has 0 amide bonds. The van der Waals surface area contributed by atoms with E-state index >= 15 is 0 Å². The maximum absolute atomic E-state index is 9.90. The van der Waals surface area contributed by atoms with Gasteiger partial charge in [0.1, 0.15) is 0 Å². The van der Waals surface area contributed by atoms with Gasteiger partial charge in [0.25, 0.3) is 0 Å². The molecule has 1 heterocycles. The van der Waals surface area contributed by atoms with Crippen molar-refractivity contribution in [2.45, 2.75) is 31.9 Å². The smallest absolute Gasteiger partial charge is 0.0781 e. The van der Waals surface area contributed by atoms with Gasteiger partial charge in [-0.3, -0.25) is 0 Å². The van der Waals surface area contributed by atoms with Crippen LogP contribution in [0.1, 0.15) is 31.4 Å². The maximum atomic E-state index is 9.90. The summed E-state index contributed by atoms with van der Waals surface area (Å²) in [5.74, 6) is 0. The quantitative estimate of drug-likeness (QED) is 0.885. The summed E-state index contributed by atoms with van der Waals surface area (Å²) in [5.41, 5.74) is 2.25. The molecule has 0 aliphatic carbocycles. The zero-order valence-corrected chi connectivity index (χ0v) is 11.6. The molecule has 3 nitrogen and oxygen atoms in total. The van der Waals surface area contributed by atoms with Crippen molar-refractivity contribution in [2.24, 2.45) is 0 Å². The molecule has 0 saturated carbocycles. The second kappa shape index (κ2) is 5.72. The Bertz CT molecular complexity index is 390. The predicted molar refractivity (Wildman–Crippen MR) is 76.0 cm³/mol. The van der Waals surface area contributed by atoms with Crippen molar-refractivity contribution >= 4 is 5.69 Å². The highest BCUT2D eigenvalue weighted by molar-refractivity contribution is 5.56. The van der Waals surface area contributed by atoms with Gasteiger partial charge >= 0.3 is 0 Å². The molecule has 1 saturated heterocycles. The van der Waals surface area contributed by atoms with Crippen LogP contribution in [-0.2, 0) is 0 Å². The Labute approximate surface area is 110 Å². The van der Waals surface area contributed by atoms with Crippen molar-refractivity contribution in [3.05, 3.63) is 29.8 Å². The average molecular weight is 248 g/mol. The van der Waals surface area contributed by atoms with Crippen LogP contribution in [0.5, 0.6) is 0 Å². The van der Waals surface area contributed by atoms with Gasteiger partial charge in [0, 0.05) is 30.4 Å². The van der Waals surface area contributed by atoms with Crippen molar-refractivity contribution < 1.29 is 5.11 Å². The van der Waals surface area contributed by atoms with Crippen molar-refractivity contribution in [3.63, 3.8) is 0 Å². The van der Waals surface area contributed by atoms with E-state index in [1.54, 1.807) is 0 Å². The van der Waals surface area contributed by atoms with E-state index in [9.17, 15) is 5.11 Å². The highest BCUT2D eigenvalue weighted by Gasteiger charge is 2.27. The van der Waals surface area contributed by atoms with E-state index in [-0.39, 0.29) is 0 Å². The molecule has 1 aliphatic heterocycles. The van der Waals surface area contributed by atoms with Crippen molar-refractivity contribution in [3.8, 4) is 0 Å². The number of nitrogens with zero attached hydrogens (tertiary/aromatic N) is 2. The summed E-state index contributed by atoms with van der Waals surface area (Å²) < 4.78 is 0. The molecule has 0 radical (unpaired) electrons. The number of anilines is 1. The van der Waals surface area contributed by atoms with Crippen LogP contribution in [-0.4, -0.2) is 43.2 Å². The fraction of sp³-hybridized carbons (Fsp3) is 0.600. The van der Waals surface area contributed by atoms with Crippen LogP contribution in [0.4, 0.5) is 5.69 Å². The molecule has 1 aromatic carbocycles. The second-order valence-corrected chi connectivity index (χ2v) is 5.49. The Hall–Kier alpha value is -1.06. The third-order valence-electron chi connectivity index (χ3n) is 3.65. The van der Waals surface area contributed by atoms with Gasteiger partial charge in [-0.1, -0.05) is 18.2 Å². The van der Waals surface area contributed by atoms with Crippen LogP contribution < -0.4 is 4.90 Å². The lowest BCUT2D eigenvalue weighted by molar-refractivity contribution is 0.199. The molecule has 2 rings (SSSR count). The van der Waals surface area contributed by atoms with E-state index in [1.807, 2.05) is 19.1 Å². The first-order chi connectivity index (χ1) is 8.59. The molecule has 2 atom stereocenters. The molecule has 0 spiro atoms. The minimum absolute atomic E-state index is 0.401. The van der Waals surface area contributed by atoms with Crippen molar-refractivity contribution in [1.82, 2.24) is 4.90 Å². The largest absolute Gasteiger partial charge is 0.389 e. The molecule has 1 unspecified atom stereocenters. The fourth-order valence-electron chi connectivity index (χ4n) is 2.87. The van der Waals surface area contributed by atoms with Gasteiger partial charge in [-0.05, 0) is 39.9 Å². The van der Waals surface area contributed by atoms with Gasteiger partial charge in [-0.15, -0.1) is 0 Å². The average Bonchev–Trinajstić information content (AvgIpc) is 2.76. The minimum atomic E-state index is -0.401. The molecule has 1 N–H and O–H groups in total. The summed E-state index contributed by atoms with van der Waals surface area (Å²) in [7, 11) is 4.24. The molecule has 0 bridgehead atoms. The normalized spacial score (nSPS) is 21.6. The molecule has 1 aromatic rings. The number of rotatable bonds is 4. The fourth-order valence-corrected chi connectivity index (χ4v) is 2.87. The topological polar surface area (TPSA) is 26.7 Å². The Morgan fingerprint density at radius 3 is 2.78 bits per heavy atom. The molecule has 0 aromatic heterocycles. The van der Waals surface area contributed by atoms with Gasteiger partial charge in [0.15, 0.2) is 0 Å². The molecule has 100 valence electrons. The highest BCUT2D eigenvalue weighted by Crippen LogP contribution is 2.31. The number of para-hydroxylation sites is 1.